The predicted octanol–water partition coefficient (Wildman–Crippen LogP) is 4.15. The molecular formula is C17H20BrN3. The van der Waals surface area contributed by atoms with Crippen LogP contribution in [0.5, 0.6) is 0 Å². The second-order valence-electron chi connectivity index (χ2n) is 5.59. The van der Waals surface area contributed by atoms with E-state index in [0.29, 0.717) is 12.5 Å². The molecule has 21 heavy (non-hydrogen) atoms. The standard InChI is InChI=1S/C17H20BrN3/c1-17(2,13-7-6-8-14(18)11-13)12-20-16(19)21-15-9-4-3-5-10-15/h3-11H,12H2,1-2H3,(H3,19,20,21). The summed E-state index contributed by atoms with van der Waals surface area (Å²) in [7, 11) is 0. The number of halogens is 1. The summed E-state index contributed by atoms with van der Waals surface area (Å²) < 4.78 is 1.08. The van der Waals surface area contributed by atoms with Crippen LogP contribution in [-0.4, -0.2) is 12.5 Å². The minimum atomic E-state index is -0.0766. The van der Waals surface area contributed by atoms with Gasteiger partial charge >= 0.3 is 0 Å². The van der Waals surface area contributed by atoms with Crippen LogP contribution < -0.4 is 11.1 Å². The van der Waals surface area contributed by atoms with Gasteiger partial charge in [0, 0.05) is 15.6 Å². The number of nitrogens with two attached hydrogens (primary N) is 1. The summed E-state index contributed by atoms with van der Waals surface area (Å²) in [4.78, 5) is 4.47. The van der Waals surface area contributed by atoms with Crippen LogP contribution in [0.15, 0.2) is 64.1 Å². The first-order chi connectivity index (χ1) is 9.97. The molecule has 0 unspecified atom stereocenters. The summed E-state index contributed by atoms with van der Waals surface area (Å²) in [5.74, 6) is 0.435. The second-order valence-corrected chi connectivity index (χ2v) is 6.50. The molecule has 0 bridgehead atoms. The first kappa shape index (κ1) is 15.6. The van der Waals surface area contributed by atoms with E-state index in [1.165, 1.54) is 5.56 Å². The fraction of sp³-hybridized carbons (Fsp3) is 0.235. The van der Waals surface area contributed by atoms with Crippen LogP contribution in [-0.2, 0) is 5.41 Å². The molecule has 0 aromatic heterocycles. The third-order valence-electron chi connectivity index (χ3n) is 3.30. The minimum Gasteiger partial charge on any atom is -0.370 e. The number of guanidine groups is 1. The maximum Gasteiger partial charge on any atom is 0.193 e. The first-order valence-corrected chi connectivity index (χ1v) is 7.65. The highest BCUT2D eigenvalue weighted by atomic mass is 79.9. The highest BCUT2D eigenvalue weighted by Crippen LogP contribution is 2.26. The Morgan fingerprint density at radius 1 is 1.14 bits per heavy atom. The molecule has 0 aliphatic carbocycles. The van der Waals surface area contributed by atoms with E-state index in [0.717, 1.165) is 10.2 Å². The van der Waals surface area contributed by atoms with E-state index < -0.39 is 0 Å². The fourth-order valence-corrected chi connectivity index (χ4v) is 2.39. The summed E-state index contributed by atoms with van der Waals surface area (Å²) in [6, 6.07) is 18.1. The molecule has 0 atom stereocenters. The number of anilines is 1. The summed E-state index contributed by atoms with van der Waals surface area (Å²) in [5, 5.41) is 3.10. The molecule has 0 heterocycles. The SMILES string of the molecule is CC(C)(CN=C(N)Nc1ccccc1)c1cccc(Br)c1. The van der Waals surface area contributed by atoms with E-state index in [9.17, 15) is 0 Å². The van der Waals surface area contributed by atoms with E-state index in [1.807, 2.05) is 42.5 Å². The van der Waals surface area contributed by atoms with Gasteiger partial charge in [0.05, 0.1) is 6.54 Å². The molecule has 3 N–H and O–H groups in total. The lowest BCUT2D eigenvalue weighted by Gasteiger charge is -2.23. The normalized spacial score (nSPS) is 12.2. The molecule has 0 fully saturated rings. The Bertz CT molecular complexity index is 621. The fourth-order valence-electron chi connectivity index (χ4n) is 1.99. The Labute approximate surface area is 134 Å². The first-order valence-electron chi connectivity index (χ1n) is 6.85. The van der Waals surface area contributed by atoms with Crippen molar-refractivity contribution in [1.29, 1.82) is 0 Å². The van der Waals surface area contributed by atoms with Crippen LogP contribution in [0.1, 0.15) is 19.4 Å². The number of benzene rings is 2. The third-order valence-corrected chi connectivity index (χ3v) is 3.79. The predicted molar refractivity (Wildman–Crippen MR) is 93.7 cm³/mol. The maximum absolute atomic E-state index is 5.95. The summed E-state index contributed by atoms with van der Waals surface area (Å²) in [5.41, 5.74) is 8.05. The van der Waals surface area contributed by atoms with Gasteiger partial charge in [0.25, 0.3) is 0 Å². The lowest BCUT2D eigenvalue weighted by molar-refractivity contribution is 0.540. The van der Waals surface area contributed by atoms with Crippen LogP contribution >= 0.6 is 15.9 Å². The average molecular weight is 346 g/mol. The zero-order valence-electron chi connectivity index (χ0n) is 12.3. The van der Waals surface area contributed by atoms with Crippen molar-refractivity contribution >= 4 is 27.6 Å². The lowest BCUT2D eigenvalue weighted by Crippen LogP contribution is -2.27. The van der Waals surface area contributed by atoms with Gasteiger partial charge in [0.2, 0.25) is 0 Å². The van der Waals surface area contributed by atoms with E-state index in [-0.39, 0.29) is 5.41 Å². The van der Waals surface area contributed by atoms with E-state index in [4.69, 9.17) is 5.73 Å². The van der Waals surface area contributed by atoms with Gasteiger partial charge in [-0.05, 0) is 29.8 Å². The van der Waals surface area contributed by atoms with Crippen molar-refractivity contribution in [2.75, 3.05) is 11.9 Å². The van der Waals surface area contributed by atoms with Gasteiger partial charge in [-0.15, -0.1) is 0 Å². The molecule has 0 saturated carbocycles. The topological polar surface area (TPSA) is 50.4 Å². The number of aliphatic imine (C=N–C) groups is 1. The average Bonchev–Trinajstić information content (AvgIpc) is 2.46. The van der Waals surface area contributed by atoms with Crippen LogP contribution in [0, 0.1) is 0 Å². The number of nitrogens with one attached hydrogen (secondary N) is 1. The molecule has 110 valence electrons. The molecule has 3 nitrogen and oxygen atoms in total. The highest BCUT2D eigenvalue weighted by molar-refractivity contribution is 9.10. The molecular weight excluding hydrogens is 326 g/mol. The molecule has 0 saturated heterocycles. The van der Waals surface area contributed by atoms with E-state index >= 15 is 0 Å². The molecule has 2 aromatic carbocycles. The Kier molecular flexibility index (Phi) is 5.02. The monoisotopic (exact) mass is 345 g/mol. The number of hydrogen-bond acceptors (Lipinski definition) is 1. The zero-order chi connectivity index (χ0) is 15.3. The van der Waals surface area contributed by atoms with Gasteiger partial charge in [-0.1, -0.05) is 60.1 Å². The van der Waals surface area contributed by atoms with Crippen molar-refractivity contribution in [3.63, 3.8) is 0 Å². The molecule has 2 rings (SSSR count). The summed E-state index contributed by atoms with van der Waals surface area (Å²) in [6.07, 6.45) is 0. The van der Waals surface area contributed by atoms with Gasteiger partial charge in [-0.25, -0.2) is 0 Å². The van der Waals surface area contributed by atoms with Gasteiger partial charge in [-0.3, -0.25) is 4.99 Å². The van der Waals surface area contributed by atoms with Crippen LogP contribution in [0.3, 0.4) is 0 Å². The van der Waals surface area contributed by atoms with Crippen molar-refractivity contribution in [2.45, 2.75) is 19.3 Å². The van der Waals surface area contributed by atoms with Gasteiger partial charge in [0.15, 0.2) is 5.96 Å². The lowest BCUT2D eigenvalue weighted by atomic mass is 9.85. The molecule has 2 aromatic rings. The Morgan fingerprint density at radius 2 is 1.86 bits per heavy atom. The maximum atomic E-state index is 5.95. The quantitative estimate of drug-likeness (QED) is 0.645. The number of para-hydroxylation sites is 1. The Balaban J connectivity index is 2.04. The highest BCUT2D eigenvalue weighted by Gasteiger charge is 2.20. The number of hydrogen-bond donors (Lipinski definition) is 2. The van der Waals surface area contributed by atoms with E-state index in [2.05, 4.69) is 52.2 Å². The summed E-state index contributed by atoms with van der Waals surface area (Å²) >= 11 is 3.51. The van der Waals surface area contributed by atoms with Crippen LogP contribution in [0.25, 0.3) is 0 Å². The Morgan fingerprint density at radius 3 is 2.52 bits per heavy atom. The van der Waals surface area contributed by atoms with Crippen LogP contribution in [0.2, 0.25) is 0 Å². The minimum absolute atomic E-state index is 0.0766. The van der Waals surface area contributed by atoms with Crippen molar-refractivity contribution in [2.24, 2.45) is 10.7 Å². The van der Waals surface area contributed by atoms with Crippen molar-refractivity contribution in [3.8, 4) is 0 Å². The molecule has 4 heteroatoms. The molecule has 0 aliphatic rings. The molecule has 0 aliphatic heterocycles. The molecule has 0 radical (unpaired) electrons. The third kappa shape index (κ3) is 4.60. The Hall–Kier alpha value is -1.81. The van der Waals surface area contributed by atoms with Crippen LogP contribution in [0.4, 0.5) is 5.69 Å². The van der Waals surface area contributed by atoms with Crippen molar-refractivity contribution in [3.05, 3.63) is 64.6 Å². The van der Waals surface area contributed by atoms with Crippen molar-refractivity contribution in [1.82, 2.24) is 0 Å². The number of rotatable bonds is 4. The van der Waals surface area contributed by atoms with Gasteiger partial charge in [0.1, 0.15) is 0 Å². The van der Waals surface area contributed by atoms with E-state index in [1.54, 1.807) is 0 Å². The van der Waals surface area contributed by atoms with Gasteiger partial charge in [-0.2, -0.15) is 0 Å². The molecule has 0 amide bonds. The molecule has 0 spiro atoms. The van der Waals surface area contributed by atoms with Gasteiger partial charge < -0.3 is 11.1 Å². The van der Waals surface area contributed by atoms with Crippen molar-refractivity contribution < 1.29 is 0 Å². The summed E-state index contributed by atoms with van der Waals surface area (Å²) in [6.45, 7) is 4.94. The second kappa shape index (κ2) is 6.76. The zero-order valence-corrected chi connectivity index (χ0v) is 13.9. The number of nitrogens with zero attached hydrogens (tertiary/aromatic N) is 1. The largest absolute Gasteiger partial charge is 0.370 e. The smallest absolute Gasteiger partial charge is 0.193 e.